The Bertz CT molecular complexity index is 520. The molecule has 90 valence electrons. The third-order valence-corrected chi connectivity index (χ3v) is 2.56. The second kappa shape index (κ2) is 4.21. The van der Waals surface area contributed by atoms with E-state index in [2.05, 4.69) is 15.4 Å². The molecule has 5 nitrogen and oxygen atoms in total. The highest BCUT2D eigenvalue weighted by atomic mass is 19.1. The van der Waals surface area contributed by atoms with Crippen LogP contribution in [0, 0.1) is 5.82 Å². The van der Waals surface area contributed by atoms with Crippen LogP contribution in [0.1, 0.15) is 18.3 Å². The van der Waals surface area contributed by atoms with E-state index in [0.717, 1.165) is 0 Å². The van der Waals surface area contributed by atoms with Crippen LogP contribution >= 0.6 is 0 Å². The summed E-state index contributed by atoms with van der Waals surface area (Å²) < 4.78 is 13.1. The first-order chi connectivity index (χ1) is 7.97. The number of tetrazole rings is 1. The molecule has 0 bridgehead atoms. The van der Waals surface area contributed by atoms with Gasteiger partial charge >= 0.3 is 0 Å². The van der Waals surface area contributed by atoms with Crippen LogP contribution in [0.5, 0.6) is 0 Å². The number of hydrogen-bond donors (Lipinski definition) is 1. The van der Waals surface area contributed by atoms with Gasteiger partial charge in [-0.1, -0.05) is 12.1 Å². The minimum atomic E-state index is -0.717. The number of rotatable bonds is 3. The molecule has 1 aromatic heterocycles. The van der Waals surface area contributed by atoms with Crippen LogP contribution in [0.4, 0.5) is 4.39 Å². The van der Waals surface area contributed by atoms with Gasteiger partial charge in [-0.2, -0.15) is 4.80 Å². The Labute approximate surface area is 98.4 Å². The summed E-state index contributed by atoms with van der Waals surface area (Å²) in [4.78, 5) is 1.37. The lowest BCUT2D eigenvalue weighted by atomic mass is 9.89. The number of nitrogens with two attached hydrogens (primary N) is 1. The standard InChI is InChI=1S/C11H14FN5/c1-11(13,7-10-14-16-17(2)15-10)8-4-3-5-9(12)6-8/h3-6H,7,13H2,1-2H3. The molecule has 1 unspecified atom stereocenters. The highest BCUT2D eigenvalue weighted by Crippen LogP contribution is 2.21. The highest BCUT2D eigenvalue weighted by molar-refractivity contribution is 5.25. The van der Waals surface area contributed by atoms with Crippen LogP contribution in [0.25, 0.3) is 0 Å². The van der Waals surface area contributed by atoms with Gasteiger partial charge in [-0.15, -0.1) is 10.2 Å². The van der Waals surface area contributed by atoms with Crippen LogP contribution in [0.15, 0.2) is 24.3 Å². The van der Waals surface area contributed by atoms with Crippen LogP contribution in [0.2, 0.25) is 0 Å². The third-order valence-electron chi connectivity index (χ3n) is 2.56. The van der Waals surface area contributed by atoms with Gasteiger partial charge in [0.05, 0.1) is 7.05 Å². The molecule has 0 aliphatic heterocycles. The van der Waals surface area contributed by atoms with E-state index in [1.54, 1.807) is 19.2 Å². The summed E-state index contributed by atoms with van der Waals surface area (Å²) in [7, 11) is 1.69. The SMILES string of the molecule is Cn1nnc(CC(C)(N)c2cccc(F)c2)n1. The van der Waals surface area contributed by atoms with Crippen molar-refractivity contribution in [1.82, 2.24) is 20.2 Å². The van der Waals surface area contributed by atoms with Gasteiger partial charge < -0.3 is 5.73 Å². The van der Waals surface area contributed by atoms with E-state index in [0.29, 0.717) is 17.8 Å². The first-order valence-corrected chi connectivity index (χ1v) is 5.25. The van der Waals surface area contributed by atoms with Crippen molar-refractivity contribution in [2.45, 2.75) is 18.9 Å². The molecule has 0 saturated carbocycles. The van der Waals surface area contributed by atoms with Crippen LogP contribution in [0.3, 0.4) is 0 Å². The summed E-state index contributed by atoms with van der Waals surface area (Å²) >= 11 is 0. The molecular formula is C11H14FN5. The van der Waals surface area contributed by atoms with E-state index in [-0.39, 0.29) is 5.82 Å². The zero-order valence-corrected chi connectivity index (χ0v) is 9.76. The van der Waals surface area contributed by atoms with E-state index in [1.165, 1.54) is 16.9 Å². The van der Waals surface area contributed by atoms with Gasteiger partial charge in [-0.3, -0.25) is 0 Å². The zero-order chi connectivity index (χ0) is 12.5. The maximum Gasteiger partial charge on any atom is 0.176 e. The van der Waals surface area contributed by atoms with Crippen LogP contribution in [-0.4, -0.2) is 20.2 Å². The molecule has 0 aliphatic rings. The predicted octanol–water partition coefficient (Wildman–Crippen LogP) is 0.766. The normalized spacial score (nSPS) is 14.6. The lowest BCUT2D eigenvalue weighted by molar-refractivity contribution is 0.472. The molecule has 0 radical (unpaired) electrons. The number of aromatic nitrogens is 4. The second-order valence-corrected chi connectivity index (χ2v) is 4.30. The summed E-state index contributed by atoms with van der Waals surface area (Å²) in [5.41, 5.74) is 6.16. The summed E-state index contributed by atoms with van der Waals surface area (Å²) in [5.74, 6) is 0.244. The molecule has 1 heterocycles. The minimum Gasteiger partial charge on any atom is -0.321 e. The number of halogens is 1. The average Bonchev–Trinajstić information content (AvgIpc) is 2.63. The number of benzene rings is 1. The van der Waals surface area contributed by atoms with Gasteiger partial charge in [0.15, 0.2) is 5.82 Å². The second-order valence-electron chi connectivity index (χ2n) is 4.30. The fourth-order valence-electron chi connectivity index (χ4n) is 1.67. The van der Waals surface area contributed by atoms with Gasteiger partial charge in [0.2, 0.25) is 0 Å². The first kappa shape index (κ1) is 11.7. The molecule has 0 aliphatic carbocycles. The molecule has 0 spiro atoms. The molecule has 2 N–H and O–H groups in total. The molecule has 2 rings (SSSR count). The van der Waals surface area contributed by atoms with Gasteiger partial charge in [0, 0.05) is 12.0 Å². The Morgan fingerprint density at radius 3 is 2.82 bits per heavy atom. The summed E-state index contributed by atoms with van der Waals surface area (Å²) in [6, 6.07) is 6.25. The van der Waals surface area contributed by atoms with Crippen molar-refractivity contribution in [1.29, 1.82) is 0 Å². The quantitative estimate of drug-likeness (QED) is 0.853. The van der Waals surface area contributed by atoms with E-state index >= 15 is 0 Å². The number of nitrogens with zero attached hydrogens (tertiary/aromatic N) is 4. The molecule has 0 amide bonds. The summed E-state index contributed by atoms with van der Waals surface area (Å²) in [6.45, 7) is 1.82. The molecule has 1 aromatic carbocycles. The fourth-order valence-corrected chi connectivity index (χ4v) is 1.67. The van der Waals surface area contributed by atoms with Crippen molar-refractivity contribution < 1.29 is 4.39 Å². The molecule has 0 fully saturated rings. The largest absolute Gasteiger partial charge is 0.321 e. The van der Waals surface area contributed by atoms with Crippen molar-refractivity contribution in [3.8, 4) is 0 Å². The van der Waals surface area contributed by atoms with Gasteiger partial charge in [-0.05, 0) is 29.8 Å². The molecule has 17 heavy (non-hydrogen) atoms. The molecule has 6 heteroatoms. The third kappa shape index (κ3) is 2.65. The Morgan fingerprint density at radius 2 is 2.24 bits per heavy atom. The molecule has 2 aromatic rings. The lowest BCUT2D eigenvalue weighted by Gasteiger charge is -2.23. The minimum absolute atomic E-state index is 0.300. The lowest BCUT2D eigenvalue weighted by Crippen LogP contribution is -2.36. The van der Waals surface area contributed by atoms with Crippen molar-refractivity contribution in [3.63, 3.8) is 0 Å². The maximum atomic E-state index is 13.1. The van der Waals surface area contributed by atoms with Crippen molar-refractivity contribution in [2.24, 2.45) is 12.8 Å². The average molecular weight is 235 g/mol. The number of aryl methyl sites for hydroxylation is 1. The van der Waals surface area contributed by atoms with Crippen molar-refractivity contribution in [2.75, 3.05) is 0 Å². The monoisotopic (exact) mass is 235 g/mol. The number of hydrogen-bond acceptors (Lipinski definition) is 4. The van der Waals surface area contributed by atoms with Crippen LogP contribution < -0.4 is 5.73 Å². The van der Waals surface area contributed by atoms with E-state index in [9.17, 15) is 4.39 Å². The summed E-state index contributed by atoms with van der Waals surface area (Å²) in [6.07, 6.45) is 0.407. The highest BCUT2D eigenvalue weighted by Gasteiger charge is 2.24. The smallest absolute Gasteiger partial charge is 0.176 e. The topological polar surface area (TPSA) is 69.6 Å². The molecule has 1 atom stereocenters. The fraction of sp³-hybridized carbons (Fsp3) is 0.364. The Balaban J connectivity index is 2.24. The Morgan fingerprint density at radius 1 is 1.47 bits per heavy atom. The van der Waals surface area contributed by atoms with Gasteiger partial charge in [0.25, 0.3) is 0 Å². The van der Waals surface area contributed by atoms with Crippen molar-refractivity contribution >= 4 is 0 Å². The van der Waals surface area contributed by atoms with Crippen LogP contribution in [-0.2, 0) is 19.0 Å². The van der Waals surface area contributed by atoms with E-state index in [1.807, 2.05) is 6.92 Å². The van der Waals surface area contributed by atoms with Gasteiger partial charge in [0.1, 0.15) is 5.82 Å². The van der Waals surface area contributed by atoms with E-state index in [4.69, 9.17) is 5.73 Å². The predicted molar refractivity (Wildman–Crippen MR) is 60.4 cm³/mol. The first-order valence-electron chi connectivity index (χ1n) is 5.25. The van der Waals surface area contributed by atoms with E-state index < -0.39 is 5.54 Å². The zero-order valence-electron chi connectivity index (χ0n) is 9.76. The molecular weight excluding hydrogens is 221 g/mol. The van der Waals surface area contributed by atoms with Crippen molar-refractivity contribution in [3.05, 3.63) is 41.5 Å². The maximum absolute atomic E-state index is 13.1. The Kier molecular flexibility index (Phi) is 2.89. The molecule has 0 saturated heterocycles. The van der Waals surface area contributed by atoms with Gasteiger partial charge in [-0.25, -0.2) is 4.39 Å². The summed E-state index contributed by atoms with van der Waals surface area (Å²) in [5, 5.41) is 11.7. The Hall–Kier alpha value is -1.82.